The maximum atomic E-state index is 12.3. The highest BCUT2D eigenvalue weighted by Crippen LogP contribution is 2.19. The molecular formula is C15H17BrN2O2S. The highest BCUT2D eigenvalue weighted by atomic mass is 79.9. The van der Waals surface area contributed by atoms with Crippen LogP contribution in [0.25, 0.3) is 0 Å². The zero-order chi connectivity index (χ0) is 15.5. The third-order valence-corrected chi connectivity index (χ3v) is 4.73. The van der Waals surface area contributed by atoms with E-state index in [1.165, 1.54) is 0 Å². The van der Waals surface area contributed by atoms with E-state index in [2.05, 4.69) is 20.7 Å². The first-order valence-electron chi connectivity index (χ1n) is 6.39. The van der Waals surface area contributed by atoms with Crippen LogP contribution in [0.4, 0.5) is 5.69 Å². The van der Waals surface area contributed by atoms with Crippen LogP contribution in [0, 0.1) is 0 Å². The fraction of sp³-hybridized carbons (Fsp3) is 0.200. The van der Waals surface area contributed by atoms with Crippen LogP contribution in [-0.2, 0) is 16.6 Å². The first kappa shape index (κ1) is 16.0. The van der Waals surface area contributed by atoms with Crippen molar-refractivity contribution in [2.24, 2.45) is 0 Å². The van der Waals surface area contributed by atoms with Gasteiger partial charge < -0.3 is 4.90 Å². The van der Waals surface area contributed by atoms with Gasteiger partial charge in [-0.15, -0.1) is 0 Å². The molecule has 0 radical (unpaired) electrons. The van der Waals surface area contributed by atoms with E-state index in [1.807, 2.05) is 37.2 Å². The molecule has 0 saturated heterocycles. The Hall–Kier alpha value is -1.37. The van der Waals surface area contributed by atoms with Gasteiger partial charge in [0.2, 0.25) is 0 Å². The summed E-state index contributed by atoms with van der Waals surface area (Å²) in [5, 5.41) is 0. The number of anilines is 1. The van der Waals surface area contributed by atoms with E-state index in [4.69, 9.17) is 0 Å². The monoisotopic (exact) mass is 368 g/mol. The first-order valence-corrected chi connectivity index (χ1v) is 8.66. The van der Waals surface area contributed by atoms with Crippen LogP contribution in [0.15, 0.2) is 57.9 Å². The van der Waals surface area contributed by atoms with Gasteiger partial charge in [0.15, 0.2) is 0 Å². The summed E-state index contributed by atoms with van der Waals surface area (Å²) in [6, 6.07) is 13.9. The highest BCUT2D eigenvalue weighted by molar-refractivity contribution is 9.10. The summed E-state index contributed by atoms with van der Waals surface area (Å²) in [4.78, 5) is 2.27. The zero-order valence-corrected chi connectivity index (χ0v) is 14.3. The molecular weight excluding hydrogens is 352 g/mol. The van der Waals surface area contributed by atoms with Crippen LogP contribution in [0.3, 0.4) is 0 Å². The molecule has 0 unspecified atom stereocenters. The van der Waals surface area contributed by atoms with Gasteiger partial charge in [0.25, 0.3) is 10.0 Å². The molecule has 0 aliphatic heterocycles. The van der Waals surface area contributed by atoms with Crippen molar-refractivity contribution in [1.82, 2.24) is 4.90 Å². The van der Waals surface area contributed by atoms with E-state index >= 15 is 0 Å². The van der Waals surface area contributed by atoms with E-state index < -0.39 is 10.0 Å². The van der Waals surface area contributed by atoms with E-state index in [0.717, 1.165) is 16.6 Å². The molecule has 0 aliphatic rings. The van der Waals surface area contributed by atoms with Gasteiger partial charge >= 0.3 is 0 Å². The zero-order valence-electron chi connectivity index (χ0n) is 11.9. The molecule has 0 amide bonds. The van der Waals surface area contributed by atoms with Crippen molar-refractivity contribution in [3.05, 3.63) is 58.6 Å². The SMILES string of the molecule is CN(C)Cc1cccc(NS(=O)(=O)c2ccc(Br)cc2)c1. The molecule has 0 aromatic heterocycles. The lowest BCUT2D eigenvalue weighted by molar-refractivity contribution is 0.402. The summed E-state index contributed by atoms with van der Waals surface area (Å²) in [5.41, 5.74) is 1.62. The summed E-state index contributed by atoms with van der Waals surface area (Å²) in [5.74, 6) is 0. The van der Waals surface area contributed by atoms with Crippen molar-refractivity contribution < 1.29 is 8.42 Å². The molecule has 112 valence electrons. The van der Waals surface area contributed by atoms with Gasteiger partial charge in [0.1, 0.15) is 0 Å². The highest BCUT2D eigenvalue weighted by Gasteiger charge is 2.14. The molecule has 2 aromatic carbocycles. The summed E-state index contributed by atoms with van der Waals surface area (Å²) < 4.78 is 28.1. The average Bonchev–Trinajstić information content (AvgIpc) is 2.38. The number of benzene rings is 2. The molecule has 0 spiro atoms. The molecule has 0 heterocycles. The van der Waals surface area contributed by atoms with Crippen molar-refractivity contribution >= 4 is 31.6 Å². The van der Waals surface area contributed by atoms with E-state index in [0.29, 0.717) is 5.69 Å². The number of nitrogens with one attached hydrogen (secondary N) is 1. The molecule has 2 aromatic rings. The maximum absolute atomic E-state index is 12.3. The van der Waals surface area contributed by atoms with Crippen molar-refractivity contribution in [3.8, 4) is 0 Å². The maximum Gasteiger partial charge on any atom is 0.261 e. The topological polar surface area (TPSA) is 49.4 Å². The Bertz CT molecular complexity index is 713. The molecule has 2 rings (SSSR count). The Labute approximate surface area is 134 Å². The second-order valence-corrected chi connectivity index (χ2v) is 7.60. The molecule has 1 N–H and O–H groups in total. The van der Waals surface area contributed by atoms with Crippen molar-refractivity contribution in [2.45, 2.75) is 11.4 Å². The Balaban J connectivity index is 2.22. The van der Waals surface area contributed by atoms with Gasteiger partial charge in [0, 0.05) is 16.7 Å². The Morgan fingerprint density at radius 1 is 1.10 bits per heavy atom. The normalized spacial score (nSPS) is 11.6. The predicted molar refractivity (Wildman–Crippen MR) is 88.8 cm³/mol. The third-order valence-electron chi connectivity index (χ3n) is 2.80. The van der Waals surface area contributed by atoms with Gasteiger partial charge in [0.05, 0.1) is 4.90 Å². The Kier molecular flexibility index (Phi) is 5.03. The third kappa shape index (κ3) is 4.56. The quantitative estimate of drug-likeness (QED) is 0.880. The molecule has 0 saturated carbocycles. The average molecular weight is 369 g/mol. The minimum atomic E-state index is -3.56. The van der Waals surface area contributed by atoms with Gasteiger partial charge in [-0.25, -0.2) is 8.42 Å². The van der Waals surface area contributed by atoms with E-state index in [9.17, 15) is 8.42 Å². The number of sulfonamides is 1. The van der Waals surface area contributed by atoms with Crippen LogP contribution in [-0.4, -0.2) is 27.4 Å². The molecule has 0 atom stereocenters. The van der Waals surface area contributed by atoms with E-state index in [1.54, 1.807) is 30.3 Å². The summed E-state index contributed by atoms with van der Waals surface area (Å²) in [6.07, 6.45) is 0. The van der Waals surface area contributed by atoms with Crippen molar-refractivity contribution in [3.63, 3.8) is 0 Å². The first-order chi connectivity index (χ1) is 9.87. The second kappa shape index (κ2) is 6.60. The van der Waals surface area contributed by atoms with Crippen LogP contribution in [0.1, 0.15) is 5.56 Å². The molecule has 0 bridgehead atoms. The second-order valence-electron chi connectivity index (χ2n) is 5.00. The number of halogens is 1. The van der Waals surface area contributed by atoms with Crippen LogP contribution in [0.5, 0.6) is 0 Å². The van der Waals surface area contributed by atoms with Crippen LogP contribution >= 0.6 is 15.9 Å². The number of nitrogens with zero attached hydrogens (tertiary/aromatic N) is 1. The Morgan fingerprint density at radius 2 is 1.76 bits per heavy atom. The molecule has 0 aliphatic carbocycles. The number of hydrogen-bond acceptors (Lipinski definition) is 3. The van der Waals surface area contributed by atoms with Crippen LogP contribution in [0.2, 0.25) is 0 Å². The largest absolute Gasteiger partial charge is 0.305 e. The van der Waals surface area contributed by atoms with Gasteiger partial charge in [-0.3, -0.25) is 4.72 Å². The minimum Gasteiger partial charge on any atom is -0.305 e. The summed E-state index contributed by atoms with van der Waals surface area (Å²) in [6.45, 7) is 0.758. The summed E-state index contributed by atoms with van der Waals surface area (Å²) in [7, 11) is 0.382. The number of rotatable bonds is 5. The molecule has 6 heteroatoms. The molecule has 0 fully saturated rings. The van der Waals surface area contributed by atoms with Crippen molar-refractivity contribution in [1.29, 1.82) is 0 Å². The fourth-order valence-corrected chi connectivity index (χ4v) is 3.24. The van der Waals surface area contributed by atoms with Crippen molar-refractivity contribution in [2.75, 3.05) is 18.8 Å². The van der Waals surface area contributed by atoms with Gasteiger partial charge in [-0.2, -0.15) is 0 Å². The predicted octanol–water partition coefficient (Wildman–Crippen LogP) is 3.31. The summed E-state index contributed by atoms with van der Waals surface area (Å²) >= 11 is 3.29. The number of hydrogen-bond donors (Lipinski definition) is 1. The van der Waals surface area contributed by atoms with Gasteiger partial charge in [-0.1, -0.05) is 28.1 Å². The lowest BCUT2D eigenvalue weighted by atomic mass is 10.2. The lowest BCUT2D eigenvalue weighted by Crippen LogP contribution is -2.14. The fourth-order valence-electron chi connectivity index (χ4n) is 1.93. The molecule has 21 heavy (non-hydrogen) atoms. The standard InChI is InChI=1S/C15H17BrN2O2S/c1-18(2)11-12-4-3-5-14(10-12)17-21(19,20)15-8-6-13(16)7-9-15/h3-10,17H,11H2,1-2H3. The minimum absolute atomic E-state index is 0.240. The van der Waals surface area contributed by atoms with Gasteiger partial charge in [-0.05, 0) is 56.1 Å². The Morgan fingerprint density at radius 3 is 2.38 bits per heavy atom. The van der Waals surface area contributed by atoms with Crippen LogP contribution < -0.4 is 4.72 Å². The van der Waals surface area contributed by atoms with E-state index in [-0.39, 0.29) is 4.90 Å². The lowest BCUT2D eigenvalue weighted by Gasteiger charge is -2.12. The smallest absolute Gasteiger partial charge is 0.261 e. The molecule has 4 nitrogen and oxygen atoms in total.